The van der Waals surface area contributed by atoms with Crippen molar-refractivity contribution < 1.29 is 15.0 Å². The second-order valence-electron chi connectivity index (χ2n) is 6.78. The average molecular weight is 414 g/mol. The van der Waals surface area contributed by atoms with Gasteiger partial charge in [0.15, 0.2) is 0 Å². The largest absolute Gasteiger partial charge is 0.508 e. The van der Waals surface area contributed by atoms with Crippen LogP contribution >= 0.6 is 11.8 Å². The summed E-state index contributed by atoms with van der Waals surface area (Å²) in [4.78, 5) is 15.5. The van der Waals surface area contributed by atoms with Gasteiger partial charge < -0.3 is 15.1 Å². The Morgan fingerprint density at radius 2 is 1.67 bits per heavy atom. The zero-order valence-corrected chi connectivity index (χ0v) is 17.0. The zero-order chi connectivity index (χ0) is 21.3. The molecule has 4 rings (SSSR count). The Hall–Kier alpha value is -3.69. The highest BCUT2D eigenvalue weighted by molar-refractivity contribution is 7.99. The molecule has 0 bridgehead atoms. The molecule has 1 aliphatic heterocycles. The number of nitriles is 1. The summed E-state index contributed by atoms with van der Waals surface area (Å²) in [6.07, 6.45) is 1.39. The predicted molar refractivity (Wildman–Crippen MR) is 118 cm³/mol. The quantitative estimate of drug-likeness (QED) is 0.422. The van der Waals surface area contributed by atoms with E-state index in [0.717, 1.165) is 38.8 Å². The summed E-state index contributed by atoms with van der Waals surface area (Å²) in [6, 6.07) is 20.8. The van der Waals surface area contributed by atoms with Crippen LogP contribution < -0.4 is 4.90 Å². The van der Waals surface area contributed by atoms with E-state index in [1.807, 2.05) is 30.3 Å². The Bertz CT molecular complexity index is 1210. The van der Waals surface area contributed by atoms with Crippen LogP contribution in [0.5, 0.6) is 5.75 Å². The number of benzene rings is 3. The fourth-order valence-corrected chi connectivity index (χ4v) is 4.66. The van der Waals surface area contributed by atoms with Crippen LogP contribution in [0.3, 0.4) is 0 Å². The number of phenols is 1. The number of hydrogen-bond donors (Lipinski definition) is 2. The van der Waals surface area contributed by atoms with Gasteiger partial charge >= 0.3 is 5.97 Å². The van der Waals surface area contributed by atoms with E-state index < -0.39 is 5.97 Å². The summed E-state index contributed by atoms with van der Waals surface area (Å²) in [5.74, 6) is -1.00. The van der Waals surface area contributed by atoms with Crippen molar-refractivity contribution in [3.05, 3.63) is 71.8 Å². The molecule has 148 valence electrons. The molecule has 1 heterocycles. The lowest BCUT2D eigenvalue weighted by molar-refractivity contribution is -0.132. The van der Waals surface area contributed by atoms with E-state index in [2.05, 4.69) is 30.0 Å². The van der Waals surface area contributed by atoms with Gasteiger partial charge in [0.25, 0.3) is 0 Å². The molecule has 3 aromatic carbocycles. The second-order valence-corrected chi connectivity index (χ2v) is 7.86. The van der Waals surface area contributed by atoms with Crippen LogP contribution in [0, 0.1) is 11.3 Å². The zero-order valence-electron chi connectivity index (χ0n) is 16.2. The van der Waals surface area contributed by atoms with Gasteiger partial charge in [0.1, 0.15) is 17.4 Å². The van der Waals surface area contributed by atoms with Crippen molar-refractivity contribution in [3.8, 4) is 22.9 Å². The molecular weight excluding hydrogens is 396 g/mol. The fraction of sp³-hybridized carbons (Fsp3) is 0.0833. The van der Waals surface area contributed by atoms with E-state index >= 15 is 0 Å². The van der Waals surface area contributed by atoms with Gasteiger partial charge in [-0.3, -0.25) is 0 Å². The second kappa shape index (κ2) is 7.97. The number of hydrogen-bond acceptors (Lipinski definition) is 5. The average Bonchev–Trinajstić information content (AvgIpc) is 2.75. The Kier molecular flexibility index (Phi) is 5.21. The maximum Gasteiger partial charge on any atom is 0.346 e. The number of anilines is 2. The minimum atomic E-state index is -1.23. The van der Waals surface area contributed by atoms with E-state index in [9.17, 15) is 9.90 Å². The third-order valence-corrected chi connectivity index (χ3v) is 6.02. The van der Waals surface area contributed by atoms with E-state index in [1.165, 1.54) is 6.08 Å². The molecule has 0 spiro atoms. The molecule has 1 aliphatic rings. The first-order valence-electron chi connectivity index (χ1n) is 9.38. The molecule has 2 N–H and O–H groups in total. The van der Waals surface area contributed by atoms with Crippen molar-refractivity contribution in [1.82, 2.24) is 0 Å². The maximum absolute atomic E-state index is 11.2. The number of carboxylic acid groups (broad SMARTS) is 1. The number of aliphatic carboxylic acids is 1. The van der Waals surface area contributed by atoms with Gasteiger partial charge in [-0.15, -0.1) is 0 Å². The highest BCUT2D eigenvalue weighted by atomic mass is 32.2. The molecule has 0 saturated carbocycles. The Morgan fingerprint density at radius 3 is 2.30 bits per heavy atom. The van der Waals surface area contributed by atoms with Crippen LogP contribution in [-0.2, 0) is 4.79 Å². The number of carboxylic acids is 1. The van der Waals surface area contributed by atoms with Crippen LogP contribution in [-0.4, -0.2) is 22.7 Å². The van der Waals surface area contributed by atoms with Crippen molar-refractivity contribution in [2.24, 2.45) is 0 Å². The number of rotatable bonds is 4. The van der Waals surface area contributed by atoms with Gasteiger partial charge in [0.05, 0.1) is 11.4 Å². The summed E-state index contributed by atoms with van der Waals surface area (Å²) in [5, 5.41) is 27.7. The van der Waals surface area contributed by atoms with Crippen LogP contribution in [0.4, 0.5) is 11.4 Å². The monoisotopic (exact) mass is 414 g/mol. The summed E-state index contributed by atoms with van der Waals surface area (Å²) in [5.41, 5.74) is 4.62. The Balaban J connectivity index is 1.76. The van der Waals surface area contributed by atoms with Gasteiger partial charge in [-0.25, -0.2) is 4.79 Å². The molecule has 0 amide bonds. The molecule has 0 fully saturated rings. The first-order chi connectivity index (χ1) is 14.5. The molecule has 6 heteroatoms. The molecule has 0 radical (unpaired) electrons. The maximum atomic E-state index is 11.2. The third kappa shape index (κ3) is 3.63. The minimum Gasteiger partial charge on any atom is -0.508 e. The molecular formula is C24H18N2O3S. The normalized spacial score (nSPS) is 12.7. The van der Waals surface area contributed by atoms with E-state index in [0.29, 0.717) is 5.56 Å². The molecule has 0 saturated heterocycles. The molecule has 0 aliphatic carbocycles. The van der Waals surface area contributed by atoms with Crippen molar-refractivity contribution in [3.63, 3.8) is 0 Å². The van der Waals surface area contributed by atoms with Crippen molar-refractivity contribution in [2.75, 3.05) is 11.4 Å². The van der Waals surface area contributed by atoms with E-state index in [4.69, 9.17) is 10.4 Å². The van der Waals surface area contributed by atoms with Crippen LogP contribution in [0.1, 0.15) is 12.5 Å². The lowest BCUT2D eigenvalue weighted by atomic mass is 10.0. The number of aromatic hydroxyl groups is 1. The molecule has 3 aromatic rings. The summed E-state index contributed by atoms with van der Waals surface area (Å²) in [7, 11) is 0. The highest BCUT2D eigenvalue weighted by Crippen LogP contribution is 2.49. The van der Waals surface area contributed by atoms with Gasteiger partial charge in [-0.2, -0.15) is 5.26 Å². The van der Waals surface area contributed by atoms with Gasteiger partial charge in [0.2, 0.25) is 0 Å². The first kappa shape index (κ1) is 19.6. The lowest BCUT2D eigenvalue weighted by Gasteiger charge is -2.32. The van der Waals surface area contributed by atoms with Gasteiger partial charge in [-0.1, -0.05) is 36.0 Å². The van der Waals surface area contributed by atoms with Crippen molar-refractivity contribution in [1.29, 1.82) is 5.26 Å². The smallest absolute Gasteiger partial charge is 0.346 e. The lowest BCUT2D eigenvalue weighted by Crippen LogP contribution is -2.20. The van der Waals surface area contributed by atoms with Crippen LogP contribution in [0.25, 0.3) is 17.2 Å². The fourth-order valence-electron chi connectivity index (χ4n) is 3.47. The summed E-state index contributed by atoms with van der Waals surface area (Å²) < 4.78 is 0. The minimum absolute atomic E-state index is 0.232. The SMILES string of the molecule is CCN1c2ccc(/C=C(\C#N)C(=O)O)cc2Sc2cc(-c3ccc(O)cc3)ccc21. The van der Waals surface area contributed by atoms with Gasteiger partial charge in [-0.05, 0) is 66.1 Å². The molecule has 30 heavy (non-hydrogen) atoms. The summed E-state index contributed by atoms with van der Waals surface area (Å²) >= 11 is 1.62. The van der Waals surface area contributed by atoms with E-state index in [-0.39, 0.29) is 11.3 Å². The molecule has 0 atom stereocenters. The van der Waals surface area contributed by atoms with Crippen LogP contribution in [0.2, 0.25) is 0 Å². The number of carbonyl (C=O) groups is 1. The topological polar surface area (TPSA) is 84.6 Å². The summed E-state index contributed by atoms with van der Waals surface area (Å²) in [6.45, 7) is 2.87. The molecule has 0 unspecified atom stereocenters. The van der Waals surface area contributed by atoms with Crippen molar-refractivity contribution in [2.45, 2.75) is 16.7 Å². The third-order valence-electron chi connectivity index (χ3n) is 4.92. The molecule has 0 aromatic heterocycles. The Labute approximate surface area is 178 Å². The van der Waals surface area contributed by atoms with Gasteiger partial charge in [0, 0.05) is 16.3 Å². The van der Waals surface area contributed by atoms with Crippen molar-refractivity contribution >= 4 is 35.2 Å². The molecule has 5 nitrogen and oxygen atoms in total. The number of fused-ring (bicyclic) bond motifs is 2. The predicted octanol–water partition coefficient (Wildman–Crippen LogP) is 5.67. The van der Waals surface area contributed by atoms with Crippen LogP contribution in [0.15, 0.2) is 76.0 Å². The standard InChI is InChI=1S/C24H18N2O3S/c1-2-26-20-9-3-15(11-18(14-25)24(28)29)12-22(20)30-23-13-17(6-10-21(23)26)16-4-7-19(27)8-5-16/h3-13,27H,2H2,1H3,(H,28,29)/b18-11+. The number of phenolic OH excluding ortho intramolecular Hbond substituents is 1. The first-order valence-corrected chi connectivity index (χ1v) is 10.2. The highest BCUT2D eigenvalue weighted by Gasteiger charge is 2.23. The van der Waals surface area contributed by atoms with E-state index in [1.54, 1.807) is 30.0 Å². The number of nitrogens with zero attached hydrogens (tertiary/aromatic N) is 2. The Morgan fingerprint density at radius 1 is 1.03 bits per heavy atom.